The number of carbonyl (C=O) groups excluding carboxylic acids is 1. The Kier molecular flexibility index (Phi) is 7.10. The third-order valence-electron chi connectivity index (χ3n) is 3.00. The van der Waals surface area contributed by atoms with Crippen molar-refractivity contribution < 1.29 is 9.53 Å². The molecule has 0 bridgehead atoms. The van der Waals surface area contributed by atoms with Gasteiger partial charge in [0.1, 0.15) is 0 Å². The van der Waals surface area contributed by atoms with Gasteiger partial charge in [-0.25, -0.2) is 4.79 Å². The van der Waals surface area contributed by atoms with Gasteiger partial charge < -0.3 is 4.74 Å². The number of thioether (sulfide) groups is 1. The highest BCUT2D eigenvalue weighted by atomic mass is 32.2. The summed E-state index contributed by atoms with van der Waals surface area (Å²) in [5, 5.41) is 3.42. The van der Waals surface area contributed by atoms with E-state index in [-0.39, 0.29) is 12.0 Å². The molecule has 112 valence electrons. The number of esters is 1. The average Bonchev–Trinajstić information content (AvgIpc) is 2.46. The summed E-state index contributed by atoms with van der Waals surface area (Å²) in [7, 11) is 1.45. The lowest BCUT2D eigenvalue weighted by atomic mass is 9.91. The Hall–Kier alpha value is -1.00. The van der Waals surface area contributed by atoms with Crippen LogP contribution in [-0.2, 0) is 15.1 Å². The van der Waals surface area contributed by atoms with Crippen molar-refractivity contribution in [2.24, 2.45) is 0 Å². The number of benzene rings is 1. The molecule has 1 aromatic carbocycles. The molecule has 0 amide bonds. The number of hydrogen-bond donors (Lipinski definition) is 1. The molecule has 4 heteroatoms. The van der Waals surface area contributed by atoms with Crippen LogP contribution in [0.1, 0.15) is 32.8 Å². The molecular formula is C16H25NO2S. The smallest absolute Gasteiger partial charge is 0.331 e. The average molecular weight is 295 g/mol. The molecule has 1 atom stereocenters. The van der Waals surface area contributed by atoms with E-state index >= 15 is 0 Å². The van der Waals surface area contributed by atoms with Crippen LogP contribution >= 0.6 is 11.8 Å². The van der Waals surface area contributed by atoms with E-state index < -0.39 is 5.54 Å². The number of carbonyl (C=O) groups is 1. The maximum atomic E-state index is 12.5. The van der Waals surface area contributed by atoms with Crippen molar-refractivity contribution in [2.75, 3.05) is 18.6 Å². The Morgan fingerprint density at radius 1 is 1.35 bits per heavy atom. The van der Waals surface area contributed by atoms with Gasteiger partial charge in [-0.2, -0.15) is 11.8 Å². The fourth-order valence-corrected chi connectivity index (χ4v) is 3.31. The molecule has 1 rings (SSSR count). The van der Waals surface area contributed by atoms with E-state index in [9.17, 15) is 4.79 Å². The van der Waals surface area contributed by atoms with Gasteiger partial charge in [0.2, 0.25) is 0 Å². The summed E-state index contributed by atoms with van der Waals surface area (Å²) in [4.78, 5) is 12.5. The summed E-state index contributed by atoms with van der Waals surface area (Å²) in [6, 6.07) is 10.0. The summed E-state index contributed by atoms with van der Waals surface area (Å²) in [5.41, 5.74) is 0.188. The molecule has 1 aromatic rings. The van der Waals surface area contributed by atoms with E-state index in [0.717, 1.165) is 17.7 Å². The number of hydrogen-bond acceptors (Lipinski definition) is 4. The zero-order valence-electron chi connectivity index (χ0n) is 12.8. The molecule has 0 aliphatic heterocycles. The largest absolute Gasteiger partial charge is 0.467 e. The van der Waals surface area contributed by atoms with Gasteiger partial charge in [0, 0.05) is 11.8 Å². The highest BCUT2D eigenvalue weighted by molar-refractivity contribution is 7.99. The molecule has 0 fully saturated rings. The third-order valence-corrected chi connectivity index (χ3v) is 4.34. The third kappa shape index (κ3) is 4.25. The minimum Gasteiger partial charge on any atom is -0.467 e. The second-order valence-corrected chi connectivity index (χ2v) is 6.22. The second kappa shape index (κ2) is 8.32. The van der Waals surface area contributed by atoms with Crippen LogP contribution in [0.15, 0.2) is 30.3 Å². The molecule has 0 aliphatic rings. The first-order chi connectivity index (χ1) is 9.56. The number of rotatable bonds is 8. The molecule has 0 spiro atoms. The minimum atomic E-state index is -0.774. The van der Waals surface area contributed by atoms with Crippen LogP contribution in [0.5, 0.6) is 0 Å². The van der Waals surface area contributed by atoms with E-state index in [0.29, 0.717) is 5.75 Å². The van der Waals surface area contributed by atoms with Gasteiger partial charge in [0.25, 0.3) is 0 Å². The van der Waals surface area contributed by atoms with Crippen molar-refractivity contribution in [1.82, 2.24) is 5.32 Å². The number of nitrogens with one attached hydrogen (secondary N) is 1. The Balaban J connectivity index is 3.14. The van der Waals surface area contributed by atoms with Crippen LogP contribution in [0, 0.1) is 0 Å². The monoisotopic (exact) mass is 295 g/mol. The molecule has 0 saturated heterocycles. The summed E-state index contributed by atoms with van der Waals surface area (Å²) >= 11 is 1.78. The molecule has 1 N–H and O–H groups in total. The molecule has 20 heavy (non-hydrogen) atoms. The maximum absolute atomic E-state index is 12.5. The number of methoxy groups -OCH3 is 1. The van der Waals surface area contributed by atoms with Crippen LogP contribution in [0.2, 0.25) is 0 Å². The van der Waals surface area contributed by atoms with Gasteiger partial charge >= 0.3 is 5.97 Å². The SMILES string of the molecule is CCCSCC(NC(C)C)(C(=O)OC)c1ccccc1. The zero-order chi connectivity index (χ0) is 15.0. The van der Waals surface area contributed by atoms with Gasteiger partial charge in [-0.3, -0.25) is 5.32 Å². The zero-order valence-corrected chi connectivity index (χ0v) is 13.6. The van der Waals surface area contributed by atoms with Gasteiger partial charge in [-0.05, 0) is 31.6 Å². The number of ether oxygens (including phenoxy) is 1. The molecular weight excluding hydrogens is 270 g/mol. The molecule has 0 aromatic heterocycles. The lowest BCUT2D eigenvalue weighted by Crippen LogP contribution is -2.54. The van der Waals surface area contributed by atoms with Crippen molar-refractivity contribution in [2.45, 2.75) is 38.8 Å². The molecule has 3 nitrogen and oxygen atoms in total. The van der Waals surface area contributed by atoms with Crippen LogP contribution in [0.4, 0.5) is 0 Å². The Labute approximate surface area is 126 Å². The van der Waals surface area contributed by atoms with E-state index in [1.165, 1.54) is 7.11 Å². The second-order valence-electron chi connectivity index (χ2n) is 5.11. The van der Waals surface area contributed by atoms with E-state index in [1.54, 1.807) is 11.8 Å². The lowest BCUT2D eigenvalue weighted by Gasteiger charge is -2.34. The Morgan fingerprint density at radius 3 is 2.50 bits per heavy atom. The van der Waals surface area contributed by atoms with Crippen LogP contribution in [-0.4, -0.2) is 30.6 Å². The normalized spacial score (nSPS) is 14.1. The standard InChI is InChI=1S/C16H25NO2S/c1-5-11-20-12-16(15(18)19-4,17-13(2)3)14-9-7-6-8-10-14/h6-10,13,17H,5,11-12H2,1-4H3. The maximum Gasteiger partial charge on any atom is 0.331 e. The predicted octanol–water partition coefficient (Wildman–Crippen LogP) is 3.20. The molecule has 0 saturated carbocycles. The Bertz CT molecular complexity index is 408. The van der Waals surface area contributed by atoms with Crippen LogP contribution < -0.4 is 5.32 Å². The highest BCUT2D eigenvalue weighted by Crippen LogP contribution is 2.28. The van der Waals surface area contributed by atoms with Gasteiger partial charge in [0.05, 0.1) is 7.11 Å². The predicted molar refractivity (Wildman–Crippen MR) is 86.0 cm³/mol. The Morgan fingerprint density at radius 2 is 2.00 bits per heavy atom. The molecule has 0 heterocycles. The van der Waals surface area contributed by atoms with Gasteiger partial charge in [0.15, 0.2) is 5.54 Å². The summed E-state index contributed by atoms with van der Waals surface area (Å²) in [6.45, 7) is 6.24. The lowest BCUT2D eigenvalue weighted by molar-refractivity contribution is -0.148. The first kappa shape index (κ1) is 17.1. The molecule has 0 aliphatic carbocycles. The molecule has 1 unspecified atom stereocenters. The minimum absolute atomic E-state index is 0.191. The van der Waals surface area contributed by atoms with E-state index in [4.69, 9.17) is 4.74 Å². The summed E-state index contributed by atoms with van der Waals surface area (Å²) in [5.74, 6) is 1.49. The van der Waals surface area contributed by atoms with Crippen molar-refractivity contribution in [3.63, 3.8) is 0 Å². The van der Waals surface area contributed by atoms with Crippen molar-refractivity contribution >= 4 is 17.7 Å². The van der Waals surface area contributed by atoms with E-state index in [2.05, 4.69) is 12.2 Å². The van der Waals surface area contributed by atoms with Crippen molar-refractivity contribution in [1.29, 1.82) is 0 Å². The first-order valence-electron chi connectivity index (χ1n) is 7.06. The van der Waals surface area contributed by atoms with Crippen molar-refractivity contribution in [3.8, 4) is 0 Å². The van der Waals surface area contributed by atoms with Gasteiger partial charge in [-0.15, -0.1) is 0 Å². The summed E-state index contributed by atoms with van der Waals surface area (Å²) in [6.07, 6.45) is 1.10. The fourth-order valence-electron chi connectivity index (χ4n) is 2.20. The topological polar surface area (TPSA) is 38.3 Å². The van der Waals surface area contributed by atoms with Gasteiger partial charge in [-0.1, -0.05) is 37.3 Å². The van der Waals surface area contributed by atoms with Crippen LogP contribution in [0.25, 0.3) is 0 Å². The fraction of sp³-hybridized carbons (Fsp3) is 0.562. The van der Waals surface area contributed by atoms with Crippen LogP contribution in [0.3, 0.4) is 0 Å². The quantitative estimate of drug-likeness (QED) is 0.590. The summed E-state index contributed by atoms with van der Waals surface area (Å²) < 4.78 is 5.09. The highest BCUT2D eigenvalue weighted by Gasteiger charge is 2.41. The van der Waals surface area contributed by atoms with E-state index in [1.807, 2.05) is 44.2 Å². The molecule has 0 radical (unpaired) electrons. The van der Waals surface area contributed by atoms with Crippen molar-refractivity contribution in [3.05, 3.63) is 35.9 Å². The first-order valence-corrected chi connectivity index (χ1v) is 8.21.